The van der Waals surface area contributed by atoms with Crippen LogP contribution in [0.2, 0.25) is 0 Å². The first-order valence-corrected chi connectivity index (χ1v) is 7.40. The maximum Gasteiger partial charge on any atom is 0.129 e. The Labute approximate surface area is 124 Å². The maximum atomic E-state index is 10.8. The van der Waals surface area contributed by atoms with E-state index in [1.54, 1.807) is 6.92 Å². The number of carbonyl (C=O) groups is 1. The van der Waals surface area contributed by atoms with Gasteiger partial charge < -0.3 is 4.79 Å². The minimum atomic E-state index is 0.263. The predicted molar refractivity (Wildman–Crippen MR) is 88.3 cm³/mol. The molecule has 0 saturated heterocycles. The summed E-state index contributed by atoms with van der Waals surface area (Å²) in [5.74, 6) is 7.37. The van der Waals surface area contributed by atoms with E-state index in [1.165, 1.54) is 5.57 Å². The molecule has 2 unspecified atom stereocenters. The van der Waals surface area contributed by atoms with Gasteiger partial charge in [-0.25, -0.2) is 0 Å². The average Bonchev–Trinajstić information content (AvgIpc) is 2.32. The molecule has 0 radical (unpaired) electrons. The van der Waals surface area contributed by atoms with Crippen LogP contribution in [0.15, 0.2) is 36.5 Å². The number of Topliss-reactive ketones (excluding diaryl/α,β-unsaturated/α-hetero) is 1. The molecule has 0 fully saturated rings. The molecule has 0 aromatic heterocycles. The number of rotatable bonds is 8. The maximum absolute atomic E-state index is 10.8. The zero-order valence-electron chi connectivity index (χ0n) is 13.4. The van der Waals surface area contributed by atoms with Crippen molar-refractivity contribution < 1.29 is 4.79 Å². The Morgan fingerprint density at radius 2 is 1.95 bits per heavy atom. The van der Waals surface area contributed by atoms with E-state index < -0.39 is 0 Å². The van der Waals surface area contributed by atoms with E-state index in [0.29, 0.717) is 18.3 Å². The highest BCUT2D eigenvalue weighted by Crippen LogP contribution is 2.10. The van der Waals surface area contributed by atoms with Crippen LogP contribution in [0.5, 0.6) is 0 Å². The van der Waals surface area contributed by atoms with Gasteiger partial charge in [-0.2, -0.15) is 0 Å². The Bertz CT molecular complexity index is 415. The topological polar surface area (TPSA) is 17.1 Å². The van der Waals surface area contributed by atoms with E-state index in [2.05, 4.69) is 45.3 Å². The highest BCUT2D eigenvalue weighted by molar-refractivity contribution is 5.75. The van der Waals surface area contributed by atoms with Crippen molar-refractivity contribution in [3.63, 3.8) is 0 Å². The number of ketones is 1. The Hall–Kier alpha value is -1.55. The summed E-state index contributed by atoms with van der Waals surface area (Å²) in [5.41, 5.74) is 1.21. The molecule has 0 aliphatic heterocycles. The minimum Gasteiger partial charge on any atom is -0.300 e. The van der Waals surface area contributed by atoms with Gasteiger partial charge in [0.05, 0.1) is 0 Å². The Morgan fingerprint density at radius 3 is 2.55 bits per heavy atom. The van der Waals surface area contributed by atoms with E-state index in [0.717, 1.165) is 19.3 Å². The molecular weight excluding hydrogens is 244 g/mol. The van der Waals surface area contributed by atoms with Crippen LogP contribution in [0.3, 0.4) is 0 Å². The standard InChI is InChI=1S/C19H28O/c1-16(2)15-18(4)12-9-7-6-8-11-17(3)13-10-14-19(5)20/h6-7,9,12,17-18H,1,10,13-15H2,2-5H3. The third kappa shape index (κ3) is 12.9. The summed E-state index contributed by atoms with van der Waals surface area (Å²) in [4.78, 5) is 10.8. The quantitative estimate of drug-likeness (QED) is 0.341. The van der Waals surface area contributed by atoms with Crippen LogP contribution in [0, 0.1) is 23.7 Å². The van der Waals surface area contributed by atoms with Gasteiger partial charge in [-0.3, -0.25) is 0 Å². The van der Waals surface area contributed by atoms with Crippen LogP contribution in [-0.4, -0.2) is 5.78 Å². The lowest BCUT2D eigenvalue weighted by Crippen LogP contribution is -1.94. The van der Waals surface area contributed by atoms with Crippen LogP contribution in [0.1, 0.15) is 53.4 Å². The third-order valence-corrected chi connectivity index (χ3v) is 2.90. The van der Waals surface area contributed by atoms with E-state index >= 15 is 0 Å². The molecule has 0 N–H and O–H groups in total. The molecule has 0 aliphatic rings. The molecule has 2 atom stereocenters. The molecule has 0 amide bonds. The molecule has 20 heavy (non-hydrogen) atoms. The fourth-order valence-electron chi connectivity index (χ4n) is 1.89. The lowest BCUT2D eigenvalue weighted by molar-refractivity contribution is -0.117. The second-order valence-electron chi connectivity index (χ2n) is 5.67. The second kappa shape index (κ2) is 11.3. The average molecular weight is 272 g/mol. The molecule has 0 saturated carbocycles. The highest BCUT2D eigenvalue weighted by atomic mass is 16.1. The highest BCUT2D eigenvalue weighted by Gasteiger charge is 1.98. The third-order valence-electron chi connectivity index (χ3n) is 2.90. The SMILES string of the molecule is C=C(C)CC(C)C=CC=CC#CC(C)CCCC(C)=O. The van der Waals surface area contributed by atoms with Crippen molar-refractivity contribution in [3.8, 4) is 11.8 Å². The van der Waals surface area contributed by atoms with Gasteiger partial charge in [-0.1, -0.05) is 49.5 Å². The first-order valence-electron chi connectivity index (χ1n) is 7.40. The summed E-state index contributed by atoms with van der Waals surface area (Å²) in [6, 6.07) is 0. The van der Waals surface area contributed by atoms with E-state index in [4.69, 9.17) is 0 Å². The van der Waals surface area contributed by atoms with Crippen molar-refractivity contribution in [2.45, 2.75) is 53.4 Å². The van der Waals surface area contributed by atoms with Crippen molar-refractivity contribution in [3.05, 3.63) is 36.5 Å². The normalized spacial score (nSPS) is 14.0. The van der Waals surface area contributed by atoms with Gasteiger partial charge in [0.15, 0.2) is 0 Å². The lowest BCUT2D eigenvalue weighted by Gasteiger charge is -2.03. The lowest BCUT2D eigenvalue weighted by atomic mass is 10.0. The Morgan fingerprint density at radius 1 is 1.25 bits per heavy atom. The second-order valence-corrected chi connectivity index (χ2v) is 5.67. The molecule has 0 rings (SSSR count). The van der Waals surface area contributed by atoms with Crippen LogP contribution in [-0.2, 0) is 4.79 Å². The van der Waals surface area contributed by atoms with Crippen molar-refractivity contribution in [1.82, 2.24) is 0 Å². The van der Waals surface area contributed by atoms with Crippen molar-refractivity contribution in [2.24, 2.45) is 11.8 Å². The zero-order chi connectivity index (χ0) is 15.4. The van der Waals surface area contributed by atoms with Gasteiger partial charge in [-0.15, -0.1) is 6.58 Å². The molecule has 0 aliphatic carbocycles. The smallest absolute Gasteiger partial charge is 0.129 e. The molecule has 0 bridgehead atoms. The van der Waals surface area contributed by atoms with Crippen LogP contribution in [0.4, 0.5) is 0 Å². The summed E-state index contributed by atoms with van der Waals surface area (Å²) >= 11 is 0. The van der Waals surface area contributed by atoms with E-state index in [9.17, 15) is 4.79 Å². The number of hydrogen-bond acceptors (Lipinski definition) is 1. The molecule has 0 heterocycles. The minimum absolute atomic E-state index is 0.263. The number of allylic oxidation sites excluding steroid dienone is 5. The van der Waals surface area contributed by atoms with Gasteiger partial charge in [0.2, 0.25) is 0 Å². The molecule has 0 aromatic rings. The van der Waals surface area contributed by atoms with Crippen LogP contribution < -0.4 is 0 Å². The Balaban J connectivity index is 3.94. The molecule has 0 spiro atoms. The van der Waals surface area contributed by atoms with Crippen LogP contribution in [0.25, 0.3) is 0 Å². The molecule has 110 valence electrons. The summed E-state index contributed by atoms with van der Waals surface area (Å²) in [6.07, 6.45) is 11.7. The Kier molecular flexibility index (Phi) is 10.4. The fourth-order valence-corrected chi connectivity index (χ4v) is 1.89. The van der Waals surface area contributed by atoms with Crippen molar-refractivity contribution in [1.29, 1.82) is 0 Å². The fraction of sp³-hybridized carbons (Fsp3) is 0.526. The van der Waals surface area contributed by atoms with Gasteiger partial charge in [0.1, 0.15) is 5.78 Å². The summed E-state index contributed by atoms with van der Waals surface area (Å²) < 4.78 is 0. The first kappa shape index (κ1) is 18.4. The molecule has 1 heteroatoms. The van der Waals surface area contributed by atoms with E-state index in [1.807, 2.05) is 18.2 Å². The first-order chi connectivity index (χ1) is 9.41. The van der Waals surface area contributed by atoms with E-state index in [-0.39, 0.29) is 5.78 Å². The van der Waals surface area contributed by atoms with Crippen molar-refractivity contribution >= 4 is 5.78 Å². The van der Waals surface area contributed by atoms with Gasteiger partial charge in [0.25, 0.3) is 0 Å². The molecule has 1 nitrogen and oxygen atoms in total. The van der Waals surface area contributed by atoms with Crippen LogP contribution >= 0.6 is 0 Å². The number of carbonyl (C=O) groups excluding carboxylic acids is 1. The molecule has 0 aromatic carbocycles. The van der Waals surface area contributed by atoms with Gasteiger partial charge >= 0.3 is 0 Å². The number of hydrogen-bond donors (Lipinski definition) is 0. The summed E-state index contributed by atoms with van der Waals surface area (Å²) in [7, 11) is 0. The largest absolute Gasteiger partial charge is 0.300 e. The zero-order valence-corrected chi connectivity index (χ0v) is 13.4. The monoisotopic (exact) mass is 272 g/mol. The predicted octanol–water partition coefficient (Wildman–Crippen LogP) is 5.10. The van der Waals surface area contributed by atoms with Gasteiger partial charge in [-0.05, 0) is 45.1 Å². The van der Waals surface area contributed by atoms with Crippen molar-refractivity contribution in [2.75, 3.05) is 0 Å². The summed E-state index contributed by atoms with van der Waals surface area (Å²) in [5, 5.41) is 0. The molecular formula is C19H28O. The summed E-state index contributed by atoms with van der Waals surface area (Å²) in [6.45, 7) is 11.9. The van der Waals surface area contributed by atoms with Gasteiger partial charge in [0, 0.05) is 12.3 Å².